The molecule has 0 saturated heterocycles. The largest absolute Gasteiger partial charge is 0.307 e. The molecule has 1 unspecified atom stereocenters. The molecule has 20 heavy (non-hydrogen) atoms. The molecule has 0 heterocycles. The van der Waals surface area contributed by atoms with Gasteiger partial charge in [-0.05, 0) is 49.8 Å². The van der Waals surface area contributed by atoms with Crippen LogP contribution < -0.4 is 5.32 Å². The minimum absolute atomic E-state index is 0.316. The van der Waals surface area contributed by atoms with Crippen molar-refractivity contribution in [1.82, 2.24) is 5.32 Å². The van der Waals surface area contributed by atoms with Crippen molar-refractivity contribution in [1.29, 1.82) is 0 Å². The van der Waals surface area contributed by atoms with Gasteiger partial charge < -0.3 is 5.32 Å². The standard InChI is InChI=1S/C17H25Cl2N/c1-3-17(15-10-9-14(18)11-16(15)19)20-12(2)13-7-5-4-6-8-13/h9-13,17,20H,3-8H2,1-2H3/t12-,17?/m1/s1. The molecule has 0 aromatic heterocycles. The van der Waals surface area contributed by atoms with Crippen LogP contribution in [0.25, 0.3) is 0 Å². The van der Waals surface area contributed by atoms with Crippen molar-refractivity contribution in [2.45, 2.75) is 64.5 Å². The highest BCUT2D eigenvalue weighted by atomic mass is 35.5. The third-order valence-corrected chi connectivity index (χ3v) is 5.13. The van der Waals surface area contributed by atoms with E-state index < -0.39 is 0 Å². The molecule has 0 radical (unpaired) electrons. The Morgan fingerprint density at radius 2 is 1.90 bits per heavy atom. The van der Waals surface area contributed by atoms with E-state index >= 15 is 0 Å². The van der Waals surface area contributed by atoms with Crippen molar-refractivity contribution < 1.29 is 0 Å². The maximum absolute atomic E-state index is 6.35. The number of hydrogen-bond donors (Lipinski definition) is 1. The average Bonchev–Trinajstić information content (AvgIpc) is 2.46. The normalized spacial score (nSPS) is 19.8. The van der Waals surface area contributed by atoms with Crippen LogP contribution in [-0.2, 0) is 0 Å². The first-order valence-corrected chi connectivity index (χ1v) is 8.58. The lowest BCUT2D eigenvalue weighted by atomic mass is 9.84. The molecule has 1 aliphatic rings. The fourth-order valence-corrected chi connectivity index (χ4v) is 3.84. The molecule has 0 bridgehead atoms. The van der Waals surface area contributed by atoms with Crippen molar-refractivity contribution in [3.63, 3.8) is 0 Å². The van der Waals surface area contributed by atoms with E-state index in [-0.39, 0.29) is 0 Å². The molecular weight excluding hydrogens is 289 g/mol. The van der Waals surface area contributed by atoms with Gasteiger partial charge in [0.2, 0.25) is 0 Å². The minimum atomic E-state index is 0.316. The first kappa shape index (κ1) is 16.1. The Balaban J connectivity index is 2.04. The molecule has 0 amide bonds. The first-order valence-electron chi connectivity index (χ1n) is 7.82. The van der Waals surface area contributed by atoms with E-state index in [1.54, 1.807) is 0 Å². The second-order valence-corrected chi connectivity index (χ2v) is 6.82. The highest BCUT2D eigenvalue weighted by molar-refractivity contribution is 6.35. The Labute approximate surface area is 133 Å². The molecule has 3 heteroatoms. The van der Waals surface area contributed by atoms with Gasteiger partial charge in [0.05, 0.1) is 0 Å². The summed E-state index contributed by atoms with van der Waals surface area (Å²) in [5.41, 5.74) is 1.17. The SMILES string of the molecule is CCC(N[C@H](C)C1CCCCC1)c1ccc(Cl)cc1Cl. The average molecular weight is 314 g/mol. The van der Waals surface area contributed by atoms with E-state index in [4.69, 9.17) is 23.2 Å². The van der Waals surface area contributed by atoms with E-state index in [9.17, 15) is 0 Å². The van der Waals surface area contributed by atoms with Gasteiger partial charge in [-0.25, -0.2) is 0 Å². The highest BCUT2D eigenvalue weighted by Crippen LogP contribution is 2.31. The summed E-state index contributed by atoms with van der Waals surface area (Å²) in [5.74, 6) is 0.809. The smallest absolute Gasteiger partial charge is 0.0468 e. The predicted octanol–water partition coefficient (Wildman–Crippen LogP) is 6.00. The zero-order chi connectivity index (χ0) is 14.5. The predicted molar refractivity (Wildman–Crippen MR) is 88.7 cm³/mol. The zero-order valence-corrected chi connectivity index (χ0v) is 14.0. The number of rotatable bonds is 5. The Morgan fingerprint density at radius 3 is 2.50 bits per heavy atom. The summed E-state index contributed by atoms with van der Waals surface area (Å²) >= 11 is 12.3. The molecule has 1 aliphatic carbocycles. The molecule has 1 aromatic rings. The van der Waals surface area contributed by atoms with Gasteiger partial charge in [0, 0.05) is 22.1 Å². The van der Waals surface area contributed by atoms with E-state index in [1.807, 2.05) is 12.1 Å². The lowest BCUT2D eigenvalue weighted by molar-refractivity contribution is 0.262. The molecule has 2 rings (SSSR count). The summed E-state index contributed by atoms with van der Waals surface area (Å²) in [6, 6.07) is 6.69. The summed E-state index contributed by atoms with van der Waals surface area (Å²) in [6.45, 7) is 4.53. The van der Waals surface area contributed by atoms with E-state index in [1.165, 1.54) is 37.7 Å². The maximum Gasteiger partial charge on any atom is 0.0468 e. The summed E-state index contributed by atoms with van der Waals surface area (Å²) < 4.78 is 0. The monoisotopic (exact) mass is 313 g/mol. The van der Waals surface area contributed by atoms with Gasteiger partial charge in [0.25, 0.3) is 0 Å². The van der Waals surface area contributed by atoms with Gasteiger partial charge >= 0.3 is 0 Å². The Hall–Kier alpha value is -0.240. The van der Waals surface area contributed by atoms with Crippen LogP contribution in [0.5, 0.6) is 0 Å². The summed E-state index contributed by atoms with van der Waals surface area (Å²) in [4.78, 5) is 0. The quantitative estimate of drug-likeness (QED) is 0.702. The van der Waals surface area contributed by atoms with Crippen molar-refractivity contribution in [3.05, 3.63) is 33.8 Å². The Kier molecular flexibility index (Phi) is 6.20. The third kappa shape index (κ3) is 4.13. The molecule has 1 saturated carbocycles. The van der Waals surface area contributed by atoms with Crippen molar-refractivity contribution in [2.24, 2.45) is 5.92 Å². The topological polar surface area (TPSA) is 12.0 Å². The molecule has 1 fully saturated rings. The van der Waals surface area contributed by atoms with Crippen LogP contribution in [-0.4, -0.2) is 6.04 Å². The van der Waals surface area contributed by atoms with Crippen LogP contribution in [0.4, 0.5) is 0 Å². The van der Waals surface area contributed by atoms with Crippen LogP contribution in [0.15, 0.2) is 18.2 Å². The Bertz CT molecular complexity index is 427. The molecule has 0 aliphatic heterocycles. The molecule has 1 N–H and O–H groups in total. The fourth-order valence-electron chi connectivity index (χ4n) is 3.30. The van der Waals surface area contributed by atoms with E-state index in [0.29, 0.717) is 17.1 Å². The van der Waals surface area contributed by atoms with Crippen LogP contribution in [0, 0.1) is 5.92 Å². The lowest BCUT2D eigenvalue weighted by Crippen LogP contribution is -2.37. The summed E-state index contributed by atoms with van der Waals surface area (Å²) in [6.07, 6.45) is 7.93. The maximum atomic E-state index is 6.35. The number of nitrogens with one attached hydrogen (secondary N) is 1. The first-order chi connectivity index (χ1) is 9.61. The number of hydrogen-bond acceptors (Lipinski definition) is 1. The highest BCUT2D eigenvalue weighted by Gasteiger charge is 2.23. The van der Waals surface area contributed by atoms with Crippen molar-refractivity contribution in [2.75, 3.05) is 0 Å². The number of halogens is 2. The third-order valence-electron chi connectivity index (χ3n) is 4.57. The Morgan fingerprint density at radius 1 is 1.20 bits per heavy atom. The van der Waals surface area contributed by atoms with Gasteiger partial charge in [0.15, 0.2) is 0 Å². The lowest BCUT2D eigenvalue weighted by Gasteiger charge is -2.32. The zero-order valence-electron chi connectivity index (χ0n) is 12.5. The molecule has 112 valence electrons. The fraction of sp³-hybridized carbons (Fsp3) is 0.647. The van der Waals surface area contributed by atoms with Crippen LogP contribution in [0.1, 0.15) is 64.0 Å². The minimum Gasteiger partial charge on any atom is -0.307 e. The van der Waals surface area contributed by atoms with Crippen LogP contribution in [0.2, 0.25) is 10.0 Å². The second-order valence-electron chi connectivity index (χ2n) is 5.98. The van der Waals surface area contributed by atoms with Crippen LogP contribution >= 0.6 is 23.2 Å². The molecule has 2 atom stereocenters. The van der Waals surface area contributed by atoms with Gasteiger partial charge in [-0.15, -0.1) is 0 Å². The van der Waals surface area contributed by atoms with E-state index in [0.717, 1.165) is 17.4 Å². The summed E-state index contributed by atoms with van der Waals surface area (Å²) in [7, 11) is 0. The van der Waals surface area contributed by atoms with E-state index in [2.05, 4.69) is 25.2 Å². The number of benzene rings is 1. The molecule has 1 nitrogen and oxygen atoms in total. The van der Waals surface area contributed by atoms with Crippen LogP contribution in [0.3, 0.4) is 0 Å². The van der Waals surface area contributed by atoms with Gasteiger partial charge in [0.1, 0.15) is 0 Å². The molecule has 1 aromatic carbocycles. The molecular formula is C17H25Cl2N. The van der Waals surface area contributed by atoms with Crippen molar-refractivity contribution >= 4 is 23.2 Å². The van der Waals surface area contributed by atoms with Gasteiger partial charge in [-0.2, -0.15) is 0 Å². The van der Waals surface area contributed by atoms with Crippen molar-refractivity contribution in [3.8, 4) is 0 Å². The second kappa shape index (κ2) is 7.68. The van der Waals surface area contributed by atoms with Gasteiger partial charge in [-0.3, -0.25) is 0 Å². The molecule has 0 spiro atoms. The summed E-state index contributed by atoms with van der Waals surface area (Å²) in [5, 5.41) is 5.26. The van der Waals surface area contributed by atoms with Gasteiger partial charge in [-0.1, -0.05) is 55.5 Å².